The van der Waals surface area contributed by atoms with Gasteiger partial charge in [-0.25, -0.2) is 0 Å². The molecule has 3 heteroatoms. The van der Waals surface area contributed by atoms with Gasteiger partial charge in [0.2, 0.25) is 0 Å². The zero-order valence-corrected chi connectivity index (χ0v) is 11.0. The van der Waals surface area contributed by atoms with Crippen LogP contribution in [0.25, 0.3) is 0 Å². The van der Waals surface area contributed by atoms with Gasteiger partial charge in [0.15, 0.2) is 5.78 Å². The van der Waals surface area contributed by atoms with Crippen LogP contribution in [0.3, 0.4) is 0 Å². The largest absolute Gasteiger partial charge is 0.497 e. The Morgan fingerprint density at radius 3 is 2.94 bits per heavy atom. The van der Waals surface area contributed by atoms with Crippen LogP contribution < -0.4 is 4.74 Å². The summed E-state index contributed by atoms with van der Waals surface area (Å²) in [7, 11) is 1.62. The molecule has 1 unspecified atom stereocenters. The van der Waals surface area contributed by atoms with E-state index in [2.05, 4.69) is 6.92 Å². The van der Waals surface area contributed by atoms with E-state index in [1.54, 1.807) is 7.11 Å². The van der Waals surface area contributed by atoms with Gasteiger partial charge >= 0.3 is 0 Å². The fourth-order valence-corrected chi connectivity index (χ4v) is 2.90. The van der Waals surface area contributed by atoms with Gasteiger partial charge in [-0.1, -0.05) is 19.1 Å². The number of carbonyl (C=O) groups excluding carboxylic acids is 1. The first-order valence-electron chi connectivity index (χ1n) is 5.93. The lowest BCUT2D eigenvalue weighted by atomic mass is 9.77. The second kappa shape index (κ2) is 4.69. The zero-order chi connectivity index (χ0) is 12.5. The number of halogens is 1. The fraction of sp³-hybridized carbons (Fsp3) is 0.500. The fourth-order valence-electron chi connectivity index (χ4n) is 2.42. The van der Waals surface area contributed by atoms with Crippen molar-refractivity contribution in [3.05, 3.63) is 29.8 Å². The second-order valence-corrected chi connectivity index (χ2v) is 5.45. The van der Waals surface area contributed by atoms with Gasteiger partial charge in [-0.05, 0) is 36.5 Å². The van der Waals surface area contributed by atoms with E-state index >= 15 is 0 Å². The van der Waals surface area contributed by atoms with Crippen LogP contribution in [-0.2, 0) is 9.67 Å². The number of Topliss-reactive ketones (excluding diaryl/α,β-unsaturated/α-hetero) is 1. The quantitative estimate of drug-likeness (QED) is 0.753. The highest BCUT2D eigenvalue weighted by atomic mass is 35.5. The van der Waals surface area contributed by atoms with Gasteiger partial charge in [0.1, 0.15) is 10.6 Å². The Morgan fingerprint density at radius 2 is 2.24 bits per heavy atom. The lowest BCUT2D eigenvalue weighted by Crippen LogP contribution is -2.36. The average Bonchev–Trinajstić information content (AvgIpc) is 2.34. The molecule has 2 rings (SSSR count). The minimum Gasteiger partial charge on any atom is -0.497 e. The SMILES string of the molecule is COc1cccc(C2(Cl)C[C@@H](C)CCC2=O)c1. The van der Waals surface area contributed by atoms with Gasteiger partial charge < -0.3 is 4.74 Å². The summed E-state index contributed by atoms with van der Waals surface area (Å²) in [4.78, 5) is 11.2. The number of alkyl halides is 1. The van der Waals surface area contributed by atoms with Crippen LogP contribution in [0.5, 0.6) is 5.75 Å². The third-order valence-corrected chi connectivity index (χ3v) is 4.05. The maximum Gasteiger partial charge on any atom is 0.158 e. The Balaban J connectivity index is 2.38. The lowest BCUT2D eigenvalue weighted by molar-refractivity contribution is -0.124. The summed E-state index contributed by atoms with van der Waals surface area (Å²) in [5, 5.41) is 0. The third kappa shape index (κ3) is 2.32. The molecule has 0 heterocycles. The number of carbonyl (C=O) groups is 1. The topological polar surface area (TPSA) is 26.3 Å². The van der Waals surface area contributed by atoms with Gasteiger partial charge in [-0.3, -0.25) is 4.79 Å². The Morgan fingerprint density at radius 1 is 1.47 bits per heavy atom. The summed E-state index contributed by atoms with van der Waals surface area (Å²) >= 11 is 6.57. The predicted molar refractivity (Wildman–Crippen MR) is 68.5 cm³/mol. The molecule has 92 valence electrons. The number of ether oxygens (including phenoxy) is 1. The molecule has 1 saturated carbocycles. The van der Waals surface area contributed by atoms with Gasteiger partial charge in [-0.15, -0.1) is 11.6 Å². The standard InChI is InChI=1S/C14H17ClO2/c1-10-6-7-13(16)14(15,9-10)11-4-3-5-12(8-11)17-2/h3-5,8,10H,6-7,9H2,1-2H3/t10-,14?/m0/s1. The Kier molecular flexibility index (Phi) is 3.43. The van der Waals surface area contributed by atoms with Crippen molar-refractivity contribution in [3.63, 3.8) is 0 Å². The number of benzene rings is 1. The van der Waals surface area contributed by atoms with E-state index < -0.39 is 4.87 Å². The molecule has 17 heavy (non-hydrogen) atoms. The highest BCUT2D eigenvalue weighted by Crippen LogP contribution is 2.43. The zero-order valence-electron chi connectivity index (χ0n) is 10.2. The Hall–Kier alpha value is -1.02. The average molecular weight is 253 g/mol. The summed E-state index contributed by atoms with van der Waals surface area (Å²) in [5.41, 5.74) is 0.857. The molecule has 0 aromatic heterocycles. The van der Waals surface area contributed by atoms with Crippen molar-refractivity contribution in [1.82, 2.24) is 0 Å². The number of hydrogen-bond donors (Lipinski definition) is 0. The van der Waals surface area contributed by atoms with Crippen molar-refractivity contribution in [3.8, 4) is 5.75 Å². The first-order valence-corrected chi connectivity index (χ1v) is 6.31. The molecule has 0 amide bonds. The van der Waals surface area contributed by atoms with Crippen LogP contribution >= 0.6 is 11.6 Å². The Bertz CT molecular complexity index is 430. The van der Waals surface area contributed by atoms with E-state index in [-0.39, 0.29) is 5.78 Å². The highest BCUT2D eigenvalue weighted by Gasteiger charge is 2.42. The molecule has 1 aliphatic rings. The maximum absolute atomic E-state index is 12.1. The summed E-state index contributed by atoms with van der Waals surface area (Å²) in [6.45, 7) is 2.14. The van der Waals surface area contributed by atoms with E-state index in [1.165, 1.54) is 0 Å². The van der Waals surface area contributed by atoms with Crippen LogP contribution in [0.1, 0.15) is 31.7 Å². The number of ketones is 1. The van der Waals surface area contributed by atoms with Gasteiger partial charge in [0, 0.05) is 6.42 Å². The third-order valence-electron chi connectivity index (χ3n) is 3.46. The summed E-state index contributed by atoms with van der Waals surface area (Å²) in [6, 6.07) is 7.51. The van der Waals surface area contributed by atoms with Crippen molar-refractivity contribution in [2.75, 3.05) is 7.11 Å². The van der Waals surface area contributed by atoms with Gasteiger partial charge in [-0.2, -0.15) is 0 Å². The molecule has 0 radical (unpaired) electrons. The molecule has 2 atom stereocenters. The summed E-state index contributed by atoms with van der Waals surface area (Å²) in [5.74, 6) is 1.36. The molecule has 1 fully saturated rings. The van der Waals surface area contributed by atoms with E-state index in [4.69, 9.17) is 16.3 Å². The van der Waals surface area contributed by atoms with Crippen LogP contribution in [0.4, 0.5) is 0 Å². The monoisotopic (exact) mass is 252 g/mol. The normalized spacial score (nSPS) is 29.1. The van der Waals surface area contributed by atoms with Crippen molar-refractivity contribution in [2.24, 2.45) is 5.92 Å². The molecule has 0 aliphatic heterocycles. The van der Waals surface area contributed by atoms with Crippen LogP contribution in [0.2, 0.25) is 0 Å². The van der Waals surface area contributed by atoms with E-state index in [9.17, 15) is 4.79 Å². The smallest absolute Gasteiger partial charge is 0.158 e. The van der Waals surface area contributed by atoms with Crippen LogP contribution in [0, 0.1) is 5.92 Å². The number of hydrogen-bond acceptors (Lipinski definition) is 2. The summed E-state index contributed by atoms with van der Waals surface area (Å²) < 4.78 is 5.18. The number of methoxy groups -OCH3 is 1. The molecule has 1 aromatic rings. The molecule has 0 spiro atoms. The van der Waals surface area contributed by atoms with Gasteiger partial charge in [0.05, 0.1) is 7.11 Å². The number of rotatable bonds is 2. The van der Waals surface area contributed by atoms with Crippen molar-refractivity contribution >= 4 is 17.4 Å². The molecule has 0 saturated heterocycles. The van der Waals surface area contributed by atoms with Crippen LogP contribution in [0.15, 0.2) is 24.3 Å². The molecule has 1 aliphatic carbocycles. The van der Waals surface area contributed by atoms with E-state index in [0.29, 0.717) is 18.8 Å². The minimum atomic E-state index is -0.855. The Labute approximate surface area is 107 Å². The highest BCUT2D eigenvalue weighted by molar-refractivity contribution is 6.35. The predicted octanol–water partition coefficient (Wildman–Crippen LogP) is 3.52. The molecular formula is C14H17ClO2. The minimum absolute atomic E-state index is 0.130. The molecule has 2 nitrogen and oxygen atoms in total. The summed E-state index contributed by atoms with van der Waals surface area (Å²) in [6.07, 6.45) is 2.22. The molecule has 1 aromatic carbocycles. The maximum atomic E-state index is 12.1. The lowest BCUT2D eigenvalue weighted by Gasteiger charge is -2.33. The molecule has 0 bridgehead atoms. The molecule has 0 N–H and O–H groups in total. The van der Waals surface area contributed by atoms with E-state index in [0.717, 1.165) is 17.7 Å². The van der Waals surface area contributed by atoms with Gasteiger partial charge in [0.25, 0.3) is 0 Å². The van der Waals surface area contributed by atoms with Crippen molar-refractivity contribution in [2.45, 2.75) is 31.1 Å². The first kappa shape index (κ1) is 12.4. The van der Waals surface area contributed by atoms with E-state index in [1.807, 2.05) is 24.3 Å². The second-order valence-electron chi connectivity index (χ2n) is 4.80. The van der Waals surface area contributed by atoms with Crippen molar-refractivity contribution in [1.29, 1.82) is 0 Å². The van der Waals surface area contributed by atoms with Crippen LogP contribution in [-0.4, -0.2) is 12.9 Å². The first-order chi connectivity index (χ1) is 8.06. The van der Waals surface area contributed by atoms with Crippen molar-refractivity contribution < 1.29 is 9.53 Å². The molecular weight excluding hydrogens is 236 g/mol.